The predicted octanol–water partition coefficient (Wildman–Crippen LogP) is 2.06. The van der Waals surface area contributed by atoms with Crippen molar-refractivity contribution in [3.8, 4) is 0 Å². The van der Waals surface area contributed by atoms with Crippen LogP contribution in [0.2, 0.25) is 0 Å². The Balaban J connectivity index is 2.28. The number of likely N-dealkylation sites (N-methyl/N-ethyl adjacent to an activating group) is 1. The molecule has 20 heavy (non-hydrogen) atoms. The van der Waals surface area contributed by atoms with Gasteiger partial charge in [0.05, 0.1) is 6.54 Å². The van der Waals surface area contributed by atoms with Crippen molar-refractivity contribution >= 4 is 17.5 Å². The van der Waals surface area contributed by atoms with E-state index in [1.165, 1.54) is 17.7 Å². The summed E-state index contributed by atoms with van der Waals surface area (Å²) in [6, 6.07) is 0.149. The second kappa shape index (κ2) is 5.73. The molecule has 1 aliphatic carbocycles. The first-order chi connectivity index (χ1) is 9.33. The van der Waals surface area contributed by atoms with Crippen molar-refractivity contribution in [2.24, 2.45) is 5.41 Å². The van der Waals surface area contributed by atoms with E-state index in [0.29, 0.717) is 22.7 Å². The van der Waals surface area contributed by atoms with Crippen LogP contribution < -0.4 is 0 Å². The smallest absolute Gasteiger partial charge is 0.407 e. The monoisotopic (exact) mass is 303 g/mol. The number of amides is 1. The maximum absolute atomic E-state index is 12.5. The standard InChI is InChI=1S/C14H26N2O3S/c1-4-20(19)16(2,3)12-11-15(13(17)18)10-9-14(12)7-5-6-8-14/h12H,4-11H2,1-3H3/p+1/t12?,20-/m1/s1. The van der Waals surface area contributed by atoms with Crippen molar-refractivity contribution in [3.63, 3.8) is 0 Å². The van der Waals surface area contributed by atoms with E-state index in [-0.39, 0.29) is 11.5 Å². The minimum Gasteiger partial charge on any atom is -0.566 e. The molecule has 1 N–H and O–H groups in total. The highest BCUT2D eigenvalue weighted by molar-refractivity contribution is 7.85. The van der Waals surface area contributed by atoms with E-state index < -0.39 is 17.5 Å². The number of nitrogens with zero attached hydrogens (tertiary/aromatic N) is 2. The molecule has 0 aromatic rings. The van der Waals surface area contributed by atoms with Crippen molar-refractivity contribution in [2.45, 2.75) is 45.1 Å². The Morgan fingerprint density at radius 1 is 1.40 bits per heavy atom. The van der Waals surface area contributed by atoms with Crippen molar-refractivity contribution < 1.29 is 18.3 Å². The summed E-state index contributed by atoms with van der Waals surface area (Å²) >= 11 is -0.967. The van der Waals surface area contributed by atoms with Gasteiger partial charge in [0, 0.05) is 12.0 Å². The lowest BCUT2D eigenvalue weighted by molar-refractivity contribution is -0.803. The second-order valence-corrected chi connectivity index (χ2v) is 8.77. The lowest BCUT2D eigenvalue weighted by Gasteiger charge is -2.50. The summed E-state index contributed by atoms with van der Waals surface area (Å²) in [5.74, 6) is 0.618. The van der Waals surface area contributed by atoms with Crippen LogP contribution in [0.15, 0.2) is 0 Å². The molecular weight excluding hydrogens is 276 g/mol. The molecule has 1 spiro atoms. The first kappa shape index (κ1) is 15.9. The van der Waals surface area contributed by atoms with Crippen molar-refractivity contribution in [1.82, 2.24) is 4.90 Å². The van der Waals surface area contributed by atoms with E-state index in [4.69, 9.17) is 0 Å². The van der Waals surface area contributed by atoms with Gasteiger partial charge in [-0.2, -0.15) is 0 Å². The Bertz CT molecular complexity index is 369. The Morgan fingerprint density at radius 2 is 2.00 bits per heavy atom. The summed E-state index contributed by atoms with van der Waals surface area (Å²) in [4.78, 5) is 12.8. The maximum atomic E-state index is 12.5. The fourth-order valence-electron chi connectivity index (χ4n) is 4.18. The van der Waals surface area contributed by atoms with Crippen LogP contribution in [0.3, 0.4) is 0 Å². The molecule has 5 nitrogen and oxygen atoms in total. The summed E-state index contributed by atoms with van der Waals surface area (Å²) in [7, 11) is 4.02. The van der Waals surface area contributed by atoms with Crippen molar-refractivity contribution in [1.29, 1.82) is 0 Å². The van der Waals surface area contributed by atoms with Crippen LogP contribution in [0.1, 0.15) is 39.0 Å². The third kappa shape index (κ3) is 2.65. The summed E-state index contributed by atoms with van der Waals surface area (Å²) < 4.78 is 12.9. The summed E-state index contributed by atoms with van der Waals surface area (Å²) in [6.07, 6.45) is 4.85. The van der Waals surface area contributed by atoms with Gasteiger partial charge in [-0.1, -0.05) is 12.8 Å². The van der Waals surface area contributed by atoms with Crippen LogP contribution in [-0.4, -0.2) is 63.5 Å². The first-order valence-corrected chi connectivity index (χ1v) is 8.81. The highest BCUT2D eigenvalue weighted by atomic mass is 32.2. The Morgan fingerprint density at radius 3 is 2.50 bits per heavy atom. The van der Waals surface area contributed by atoms with Crippen LogP contribution in [0.5, 0.6) is 0 Å². The number of hydrogen-bond donors (Lipinski definition) is 1. The number of hydrogen-bond acceptors (Lipinski definition) is 2. The fourth-order valence-corrected chi connectivity index (χ4v) is 5.42. The minimum absolute atomic E-state index is 0.149. The molecule has 0 radical (unpaired) electrons. The number of quaternary nitrogens is 1. The largest absolute Gasteiger partial charge is 0.566 e. The molecule has 2 rings (SSSR count). The van der Waals surface area contributed by atoms with Gasteiger partial charge in [-0.05, 0) is 26.2 Å². The van der Waals surface area contributed by atoms with Gasteiger partial charge < -0.3 is 14.6 Å². The average molecular weight is 303 g/mol. The highest BCUT2D eigenvalue weighted by Gasteiger charge is 2.56. The molecule has 2 aliphatic rings. The topological polar surface area (TPSA) is 63.6 Å². The van der Waals surface area contributed by atoms with Gasteiger partial charge in [-0.3, -0.25) is 0 Å². The van der Waals surface area contributed by atoms with Crippen molar-refractivity contribution in [2.75, 3.05) is 32.9 Å². The van der Waals surface area contributed by atoms with Gasteiger partial charge in [0.15, 0.2) is 11.8 Å². The minimum atomic E-state index is -0.967. The van der Waals surface area contributed by atoms with Crippen LogP contribution in [0.25, 0.3) is 0 Å². The summed E-state index contributed by atoms with van der Waals surface area (Å²) in [5.41, 5.74) is 0.195. The van der Waals surface area contributed by atoms with Gasteiger partial charge in [-0.25, -0.2) is 4.79 Å². The van der Waals surface area contributed by atoms with E-state index in [0.717, 1.165) is 19.3 Å². The third-order valence-corrected chi connectivity index (χ3v) is 7.17. The molecule has 2 fully saturated rings. The number of carbonyl (C=O) groups is 1. The second-order valence-electron chi connectivity index (χ2n) is 6.61. The fraction of sp³-hybridized carbons (Fsp3) is 0.929. The predicted molar refractivity (Wildman–Crippen MR) is 79.7 cm³/mol. The quantitative estimate of drug-likeness (QED) is 0.641. The molecular formula is C14H27N2O3S+. The summed E-state index contributed by atoms with van der Waals surface area (Å²) in [5, 5.41) is 9.29. The number of carboxylic acid groups (broad SMARTS) is 1. The van der Waals surface area contributed by atoms with Crippen LogP contribution in [0.4, 0.5) is 4.79 Å². The Hall–Kier alpha value is -0.460. The van der Waals surface area contributed by atoms with E-state index in [9.17, 15) is 14.5 Å². The lowest BCUT2D eigenvalue weighted by atomic mass is 9.72. The van der Waals surface area contributed by atoms with E-state index >= 15 is 0 Å². The van der Waals surface area contributed by atoms with Gasteiger partial charge in [0.2, 0.25) is 0 Å². The van der Waals surface area contributed by atoms with E-state index in [1.54, 1.807) is 0 Å². The molecule has 1 unspecified atom stereocenters. The van der Waals surface area contributed by atoms with Crippen LogP contribution in [-0.2, 0) is 11.4 Å². The zero-order valence-electron chi connectivity index (χ0n) is 12.8. The Labute approximate surface area is 124 Å². The number of likely N-dealkylation sites (tertiary alicyclic amines) is 1. The third-order valence-electron chi connectivity index (χ3n) is 5.37. The summed E-state index contributed by atoms with van der Waals surface area (Å²) in [6.45, 7) is 3.09. The molecule has 2 atom stereocenters. The van der Waals surface area contributed by atoms with Crippen LogP contribution >= 0.6 is 0 Å². The molecule has 6 heteroatoms. The van der Waals surface area contributed by atoms with Crippen molar-refractivity contribution in [3.05, 3.63) is 0 Å². The number of piperidine rings is 1. The number of rotatable bonds is 3. The normalized spacial score (nSPS) is 27.8. The van der Waals surface area contributed by atoms with Gasteiger partial charge in [0.25, 0.3) is 0 Å². The molecule has 0 bridgehead atoms. The average Bonchev–Trinajstić information content (AvgIpc) is 2.86. The van der Waals surface area contributed by atoms with E-state index in [2.05, 4.69) is 0 Å². The lowest BCUT2D eigenvalue weighted by Crippen LogP contribution is -2.66. The molecule has 1 amide bonds. The maximum Gasteiger partial charge on any atom is 0.407 e. The zero-order valence-corrected chi connectivity index (χ0v) is 13.6. The molecule has 1 heterocycles. The molecule has 0 aromatic heterocycles. The molecule has 0 aromatic carbocycles. The SMILES string of the molecule is CC[S@@+]([O-])[N+](C)(C)C1CN(C(=O)O)CCC12CCCC2. The first-order valence-electron chi connectivity index (χ1n) is 7.54. The zero-order chi connectivity index (χ0) is 15.0. The van der Waals surface area contributed by atoms with Gasteiger partial charge >= 0.3 is 6.09 Å². The molecule has 116 valence electrons. The molecule has 1 saturated heterocycles. The molecule has 1 aliphatic heterocycles. The molecule has 1 saturated carbocycles. The van der Waals surface area contributed by atoms with Gasteiger partial charge in [0.1, 0.15) is 25.5 Å². The Kier molecular flexibility index (Phi) is 4.56. The van der Waals surface area contributed by atoms with E-state index in [1.807, 2.05) is 21.0 Å². The van der Waals surface area contributed by atoms with Gasteiger partial charge in [-0.15, -0.1) is 3.89 Å². The van der Waals surface area contributed by atoms with Crippen LogP contribution in [0, 0.1) is 5.41 Å². The highest BCUT2D eigenvalue weighted by Crippen LogP contribution is 2.50.